The van der Waals surface area contributed by atoms with Gasteiger partial charge in [0, 0.05) is 38.5 Å². The topological polar surface area (TPSA) is 74.5 Å². The Morgan fingerprint density at radius 2 is 2.07 bits per heavy atom. The molecule has 0 radical (unpaired) electrons. The average molecular weight is 390 g/mol. The van der Waals surface area contributed by atoms with Gasteiger partial charge < -0.3 is 14.7 Å². The summed E-state index contributed by atoms with van der Waals surface area (Å²) in [6.07, 6.45) is 3.76. The summed E-state index contributed by atoms with van der Waals surface area (Å²) < 4.78 is 5.36. The van der Waals surface area contributed by atoms with Gasteiger partial charge in [0.1, 0.15) is 0 Å². The molecule has 4 rings (SSSR count). The van der Waals surface area contributed by atoms with Crippen LogP contribution in [-0.2, 0) is 11.2 Å². The van der Waals surface area contributed by atoms with Crippen molar-refractivity contribution in [3.05, 3.63) is 23.4 Å². The molecule has 2 aromatic heterocycles. The highest BCUT2D eigenvalue weighted by Gasteiger charge is 2.28. The van der Waals surface area contributed by atoms with Crippen LogP contribution in [0, 0.1) is 5.92 Å². The van der Waals surface area contributed by atoms with Gasteiger partial charge in [0.25, 0.3) is 0 Å². The predicted octanol–water partition coefficient (Wildman–Crippen LogP) is 1.87. The molecule has 0 aromatic carbocycles. The molecule has 0 spiro atoms. The van der Waals surface area contributed by atoms with Gasteiger partial charge in [-0.15, -0.1) is 11.3 Å². The van der Waals surface area contributed by atoms with Crippen LogP contribution in [0.1, 0.15) is 25.2 Å². The first-order valence-electron chi connectivity index (χ1n) is 9.88. The maximum atomic E-state index is 12.6. The molecule has 0 unspecified atom stereocenters. The van der Waals surface area contributed by atoms with Crippen LogP contribution in [0.5, 0.6) is 0 Å². The number of nitrogens with one attached hydrogen (secondary N) is 1. The lowest BCUT2D eigenvalue weighted by Gasteiger charge is -2.37. The SMILES string of the molecule is O=C(C1CCNCC1)N1CCN(CCCc2nc(-c3cccs3)no2)CC1. The van der Waals surface area contributed by atoms with Crippen LogP contribution >= 0.6 is 11.3 Å². The van der Waals surface area contributed by atoms with E-state index in [1.165, 1.54) is 0 Å². The summed E-state index contributed by atoms with van der Waals surface area (Å²) in [5.41, 5.74) is 0. The van der Waals surface area contributed by atoms with Crippen molar-refractivity contribution in [2.75, 3.05) is 45.8 Å². The number of amides is 1. The molecule has 2 aromatic rings. The Morgan fingerprint density at radius 1 is 1.26 bits per heavy atom. The van der Waals surface area contributed by atoms with E-state index in [1.54, 1.807) is 11.3 Å². The van der Waals surface area contributed by atoms with Gasteiger partial charge in [0.2, 0.25) is 17.6 Å². The van der Waals surface area contributed by atoms with E-state index in [-0.39, 0.29) is 5.92 Å². The summed E-state index contributed by atoms with van der Waals surface area (Å²) in [4.78, 5) is 22.6. The zero-order valence-corrected chi connectivity index (χ0v) is 16.4. The lowest BCUT2D eigenvalue weighted by Crippen LogP contribution is -2.51. The number of piperazine rings is 1. The van der Waals surface area contributed by atoms with Crippen molar-refractivity contribution < 1.29 is 9.32 Å². The summed E-state index contributed by atoms with van der Waals surface area (Å²) in [5, 5.41) is 9.40. The summed E-state index contributed by atoms with van der Waals surface area (Å²) in [6.45, 7) is 6.58. The number of hydrogen-bond acceptors (Lipinski definition) is 7. The van der Waals surface area contributed by atoms with E-state index in [0.29, 0.717) is 17.6 Å². The van der Waals surface area contributed by atoms with Gasteiger partial charge >= 0.3 is 0 Å². The van der Waals surface area contributed by atoms with E-state index in [2.05, 4.69) is 25.3 Å². The van der Waals surface area contributed by atoms with Crippen molar-refractivity contribution in [2.45, 2.75) is 25.7 Å². The molecule has 2 aliphatic rings. The summed E-state index contributed by atoms with van der Waals surface area (Å²) in [5.74, 6) is 1.99. The van der Waals surface area contributed by atoms with Crippen LogP contribution < -0.4 is 5.32 Å². The Bertz CT molecular complexity index is 718. The van der Waals surface area contributed by atoms with Crippen LogP contribution in [0.4, 0.5) is 0 Å². The third-order valence-electron chi connectivity index (χ3n) is 5.45. The summed E-state index contributed by atoms with van der Waals surface area (Å²) in [7, 11) is 0. The average Bonchev–Trinajstić information content (AvgIpc) is 3.40. The van der Waals surface area contributed by atoms with Gasteiger partial charge in [-0.3, -0.25) is 9.69 Å². The molecular formula is C19H27N5O2S. The van der Waals surface area contributed by atoms with Crippen LogP contribution in [0.2, 0.25) is 0 Å². The summed E-state index contributed by atoms with van der Waals surface area (Å²) in [6, 6.07) is 4.00. The fourth-order valence-corrected chi connectivity index (χ4v) is 4.48. The molecule has 7 nitrogen and oxygen atoms in total. The maximum Gasteiger partial charge on any atom is 0.227 e. The highest BCUT2D eigenvalue weighted by atomic mass is 32.1. The molecule has 1 amide bonds. The molecule has 0 aliphatic carbocycles. The molecule has 0 saturated carbocycles. The largest absolute Gasteiger partial charge is 0.340 e. The zero-order valence-electron chi connectivity index (χ0n) is 15.6. The first kappa shape index (κ1) is 18.6. The zero-order chi connectivity index (χ0) is 18.5. The number of carbonyl (C=O) groups is 1. The first-order chi connectivity index (χ1) is 13.3. The second-order valence-electron chi connectivity index (χ2n) is 7.28. The molecule has 2 aliphatic heterocycles. The smallest absolute Gasteiger partial charge is 0.227 e. The Balaban J connectivity index is 1.17. The first-order valence-corrected chi connectivity index (χ1v) is 10.8. The van der Waals surface area contributed by atoms with Crippen molar-refractivity contribution in [2.24, 2.45) is 5.92 Å². The van der Waals surface area contributed by atoms with Crippen LogP contribution in [0.15, 0.2) is 22.0 Å². The van der Waals surface area contributed by atoms with E-state index >= 15 is 0 Å². The third kappa shape index (κ3) is 4.75. The monoisotopic (exact) mass is 389 g/mol. The Morgan fingerprint density at radius 3 is 2.81 bits per heavy atom. The van der Waals surface area contributed by atoms with Gasteiger partial charge in [-0.2, -0.15) is 4.98 Å². The van der Waals surface area contributed by atoms with Gasteiger partial charge in [-0.25, -0.2) is 0 Å². The molecule has 0 atom stereocenters. The molecule has 27 heavy (non-hydrogen) atoms. The van der Waals surface area contributed by atoms with Crippen molar-refractivity contribution in [3.8, 4) is 10.7 Å². The molecule has 146 valence electrons. The number of aromatic nitrogens is 2. The number of piperidine rings is 1. The second kappa shape index (κ2) is 8.95. The molecule has 4 heterocycles. The van der Waals surface area contributed by atoms with Crippen molar-refractivity contribution >= 4 is 17.2 Å². The highest BCUT2D eigenvalue weighted by Crippen LogP contribution is 2.21. The predicted molar refractivity (Wildman–Crippen MR) is 105 cm³/mol. The molecule has 8 heteroatoms. The Kier molecular flexibility index (Phi) is 6.16. The van der Waals surface area contributed by atoms with Crippen molar-refractivity contribution in [1.29, 1.82) is 0 Å². The number of aryl methyl sites for hydroxylation is 1. The van der Waals surface area contributed by atoms with Gasteiger partial charge in [-0.05, 0) is 50.3 Å². The number of rotatable bonds is 6. The molecule has 1 N–H and O–H groups in total. The summed E-state index contributed by atoms with van der Waals surface area (Å²) >= 11 is 1.62. The Hall–Kier alpha value is -1.77. The minimum Gasteiger partial charge on any atom is -0.340 e. The normalized spacial score (nSPS) is 19.5. The fraction of sp³-hybridized carbons (Fsp3) is 0.632. The van der Waals surface area contributed by atoms with Crippen LogP contribution in [-0.4, -0.2) is 71.7 Å². The standard InChI is InChI=1S/C19H27N5O2S/c25-19(15-5-7-20-8-6-15)24-12-10-23(11-13-24)9-1-4-17-21-18(22-26-17)16-3-2-14-27-16/h2-3,14-15,20H,1,4-13H2. The van der Waals surface area contributed by atoms with E-state index in [9.17, 15) is 4.79 Å². The van der Waals surface area contributed by atoms with E-state index in [1.807, 2.05) is 17.5 Å². The number of hydrogen-bond donors (Lipinski definition) is 1. The fourth-order valence-electron chi connectivity index (χ4n) is 3.84. The lowest BCUT2D eigenvalue weighted by atomic mass is 9.96. The van der Waals surface area contributed by atoms with E-state index in [0.717, 1.165) is 76.4 Å². The van der Waals surface area contributed by atoms with Gasteiger partial charge in [0.05, 0.1) is 4.88 Å². The molecule has 2 saturated heterocycles. The third-order valence-corrected chi connectivity index (χ3v) is 6.31. The molecule has 0 bridgehead atoms. The molecular weight excluding hydrogens is 362 g/mol. The minimum atomic E-state index is 0.230. The second-order valence-corrected chi connectivity index (χ2v) is 8.23. The van der Waals surface area contributed by atoms with E-state index < -0.39 is 0 Å². The van der Waals surface area contributed by atoms with Gasteiger partial charge in [0.15, 0.2) is 0 Å². The van der Waals surface area contributed by atoms with Crippen molar-refractivity contribution in [1.82, 2.24) is 25.3 Å². The van der Waals surface area contributed by atoms with Crippen LogP contribution in [0.25, 0.3) is 10.7 Å². The highest BCUT2D eigenvalue weighted by molar-refractivity contribution is 7.13. The minimum absolute atomic E-state index is 0.230. The number of thiophene rings is 1. The maximum absolute atomic E-state index is 12.6. The van der Waals surface area contributed by atoms with Crippen molar-refractivity contribution in [3.63, 3.8) is 0 Å². The number of nitrogens with zero attached hydrogens (tertiary/aromatic N) is 4. The van der Waals surface area contributed by atoms with Crippen LogP contribution in [0.3, 0.4) is 0 Å². The number of carbonyl (C=O) groups excluding carboxylic acids is 1. The quantitative estimate of drug-likeness (QED) is 0.813. The molecule has 2 fully saturated rings. The Labute approximate surface area is 163 Å². The lowest BCUT2D eigenvalue weighted by molar-refractivity contribution is -0.138. The van der Waals surface area contributed by atoms with Gasteiger partial charge in [-0.1, -0.05) is 11.2 Å². The van der Waals surface area contributed by atoms with E-state index in [4.69, 9.17) is 4.52 Å².